The van der Waals surface area contributed by atoms with Crippen LogP contribution in [0.2, 0.25) is 0 Å². The van der Waals surface area contributed by atoms with Crippen LogP contribution in [-0.4, -0.2) is 32.4 Å². The lowest BCUT2D eigenvalue weighted by atomic mass is 10.2. The van der Waals surface area contributed by atoms with Crippen molar-refractivity contribution in [2.75, 3.05) is 26.1 Å². The second kappa shape index (κ2) is 6.29. The Hall–Kier alpha value is -1.95. The highest BCUT2D eigenvalue weighted by Crippen LogP contribution is 2.20. The number of benzene rings is 1. The van der Waals surface area contributed by atoms with Crippen LogP contribution in [0.25, 0.3) is 0 Å². The lowest BCUT2D eigenvalue weighted by Gasteiger charge is -2.13. The highest BCUT2D eigenvalue weighted by atomic mass is 16.5. The Labute approximate surface area is 112 Å². The van der Waals surface area contributed by atoms with Gasteiger partial charge in [0.25, 0.3) is 0 Å². The standard InChI is InChI=1S/C13H19N3O3/c1-18-12-3-2-10(14)6-9(12)7-15-13(17)16-11-4-5-19-8-11/h2-3,6,11H,4-5,7-8,14H2,1H3,(H2,15,16,17). The topological polar surface area (TPSA) is 85.6 Å². The number of hydrogen-bond donors (Lipinski definition) is 3. The van der Waals surface area contributed by atoms with Gasteiger partial charge in [0.1, 0.15) is 5.75 Å². The van der Waals surface area contributed by atoms with E-state index in [2.05, 4.69) is 10.6 Å². The maximum atomic E-state index is 11.7. The second-order valence-electron chi connectivity index (χ2n) is 4.46. The molecule has 1 aliphatic rings. The number of methoxy groups -OCH3 is 1. The molecule has 1 aromatic carbocycles. The number of nitrogens with two attached hydrogens (primary N) is 1. The highest BCUT2D eigenvalue weighted by Gasteiger charge is 2.17. The molecule has 2 rings (SSSR count). The normalized spacial score (nSPS) is 18.1. The van der Waals surface area contributed by atoms with E-state index in [0.29, 0.717) is 31.2 Å². The first-order valence-corrected chi connectivity index (χ1v) is 6.23. The van der Waals surface area contributed by atoms with Crippen LogP contribution in [0.3, 0.4) is 0 Å². The number of carbonyl (C=O) groups is 1. The minimum absolute atomic E-state index is 0.0998. The van der Waals surface area contributed by atoms with E-state index in [1.165, 1.54) is 0 Å². The smallest absolute Gasteiger partial charge is 0.315 e. The molecule has 1 saturated heterocycles. The van der Waals surface area contributed by atoms with Gasteiger partial charge in [0, 0.05) is 24.4 Å². The molecule has 19 heavy (non-hydrogen) atoms. The first-order chi connectivity index (χ1) is 9.19. The molecule has 2 amide bonds. The van der Waals surface area contributed by atoms with Crippen molar-refractivity contribution in [1.29, 1.82) is 0 Å². The fourth-order valence-corrected chi connectivity index (χ4v) is 2.00. The quantitative estimate of drug-likeness (QED) is 0.705. The van der Waals surface area contributed by atoms with Crippen LogP contribution in [0.5, 0.6) is 5.75 Å². The number of urea groups is 1. The summed E-state index contributed by atoms with van der Waals surface area (Å²) in [5.74, 6) is 0.707. The van der Waals surface area contributed by atoms with Crippen LogP contribution in [-0.2, 0) is 11.3 Å². The summed E-state index contributed by atoms with van der Waals surface area (Å²) in [5, 5.41) is 5.64. The molecule has 0 saturated carbocycles. The van der Waals surface area contributed by atoms with E-state index in [0.717, 1.165) is 12.0 Å². The molecule has 1 fully saturated rings. The number of ether oxygens (including phenoxy) is 2. The molecule has 1 atom stereocenters. The molecule has 1 aromatic rings. The summed E-state index contributed by atoms with van der Waals surface area (Å²) in [4.78, 5) is 11.7. The summed E-state index contributed by atoms with van der Waals surface area (Å²) >= 11 is 0. The summed E-state index contributed by atoms with van der Waals surface area (Å²) < 4.78 is 10.4. The van der Waals surface area contributed by atoms with Crippen LogP contribution in [0.15, 0.2) is 18.2 Å². The molecule has 1 heterocycles. The van der Waals surface area contributed by atoms with Crippen molar-refractivity contribution < 1.29 is 14.3 Å². The number of anilines is 1. The first-order valence-electron chi connectivity index (χ1n) is 6.23. The second-order valence-corrected chi connectivity index (χ2v) is 4.46. The van der Waals surface area contributed by atoms with E-state index in [9.17, 15) is 4.79 Å². The third-order valence-corrected chi connectivity index (χ3v) is 3.01. The minimum atomic E-state index is -0.208. The van der Waals surface area contributed by atoms with Gasteiger partial charge < -0.3 is 25.8 Å². The van der Waals surface area contributed by atoms with Gasteiger partial charge in [-0.3, -0.25) is 0 Å². The Bertz CT molecular complexity index is 445. The van der Waals surface area contributed by atoms with Crippen molar-refractivity contribution in [3.63, 3.8) is 0 Å². The van der Waals surface area contributed by atoms with E-state index in [-0.39, 0.29) is 12.1 Å². The van der Waals surface area contributed by atoms with Crippen LogP contribution in [0.4, 0.5) is 10.5 Å². The Morgan fingerprint density at radius 2 is 2.42 bits per heavy atom. The predicted molar refractivity (Wildman–Crippen MR) is 72.0 cm³/mol. The maximum absolute atomic E-state index is 11.7. The molecule has 1 aliphatic heterocycles. The van der Waals surface area contributed by atoms with Crippen LogP contribution in [0, 0.1) is 0 Å². The van der Waals surface area contributed by atoms with Crippen LogP contribution in [0.1, 0.15) is 12.0 Å². The summed E-state index contributed by atoms with van der Waals surface area (Å²) in [6.45, 7) is 1.65. The van der Waals surface area contributed by atoms with Crippen molar-refractivity contribution in [2.24, 2.45) is 0 Å². The zero-order valence-electron chi connectivity index (χ0n) is 10.9. The molecule has 104 valence electrons. The van der Waals surface area contributed by atoms with E-state index >= 15 is 0 Å². The van der Waals surface area contributed by atoms with Gasteiger partial charge in [0.15, 0.2) is 0 Å². The fraction of sp³-hybridized carbons (Fsp3) is 0.462. The molecule has 1 unspecified atom stereocenters. The lowest BCUT2D eigenvalue weighted by molar-refractivity contribution is 0.188. The fourth-order valence-electron chi connectivity index (χ4n) is 2.00. The summed E-state index contributed by atoms with van der Waals surface area (Å²) in [6.07, 6.45) is 0.856. The zero-order chi connectivity index (χ0) is 13.7. The third kappa shape index (κ3) is 3.75. The minimum Gasteiger partial charge on any atom is -0.496 e. The number of nitrogens with one attached hydrogen (secondary N) is 2. The number of rotatable bonds is 4. The van der Waals surface area contributed by atoms with Crippen LogP contribution >= 0.6 is 0 Å². The Balaban J connectivity index is 1.87. The van der Waals surface area contributed by atoms with Crippen molar-refractivity contribution in [2.45, 2.75) is 19.0 Å². The van der Waals surface area contributed by atoms with Gasteiger partial charge in [0.05, 0.1) is 19.8 Å². The van der Waals surface area contributed by atoms with Gasteiger partial charge >= 0.3 is 6.03 Å². The first kappa shape index (κ1) is 13.5. The van der Waals surface area contributed by atoms with Crippen LogP contribution < -0.4 is 21.1 Å². The van der Waals surface area contributed by atoms with Gasteiger partial charge in [-0.2, -0.15) is 0 Å². The third-order valence-electron chi connectivity index (χ3n) is 3.01. The molecular weight excluding hydrogens is 246 g/mol. The molecular formula is C13H19N3O3. The molecule has 0 bridgehead atoms. The lowest BCUT2D eigenvalue weighted by Crippen LogP contribution is -2.42. The van der Waals surface area contributed by atoms with Crippen molar-refractivity contribution >= 4 is 11.7 Å². The van der Waals surface area contributed by atoms with Gasteiger partial charge in [-0.15, -0.1) is 0 Å². The Morgan fingerprint density at radius 3 is 3.11 bits per heavy atom. The molecule has 4 N–H and O–H groups in total. The van der Waals surface area contributed by atoms with Crippen molar-refractivity contribution in [3.05, 3.63) is 23.8 Å². The number of hydrogen-bond acceptors (Lipinski definition) is 4. The zero-order valence-corrected chi connectivity index (χ0v) is 10.9. The summed E-state index contributed by atoms with van der Waals surface area (Å²) in [7, 11) is 1.59. The van der Waals surface area contributed by atoms with Gasteiger partial charge in [0.2, 0.25) is 0 Å². The van der Waals surface area contributed by atoms with E-state index < -0.39 is 0 Å². The number of amides is 2. The number of carbonyl (C=O) groups excluding carboxylic acids is 1. The molecule has 6 nitrogen and oxygen atoms in total. The largest absolute Gasteiger partial charge is 0.496 e. The predicted octanol–water partition coefficient (Wildman–Crippen LogP) is 0.865. The monoisotopic (exact) mass is 265 g/mol. The summed E-state index contributed by atoms with van der Waals surface area (Å²) in [6, 6.07) is 5.23. The van der Waals surface area contributed by atoms with E-state index in [1.54, 1.807) is 25.3 Å². The Kier molecular flexibility index (Phi) is 4.46. The van der Waals surface area contributed by atoms with E-state index in [1.807, 2.05) is 0 Å². The van der Waals surface area contributed by atoms with Gasteiger partial charge in [-0.05, 0) is 24.6 Å². The average molecular weight is 265 g/mol. The summed E-state index contributed by atoms with van der Waals surface area (Å²) in [5.41, 5.74) is 7.21. The van der Waals surface area contributed by atoms with Crippen molar-refractivity contribution in [1.82, 2.24) is 10.6 Å². The van der Waals surface area contributed by atoms with Crippen molar-refractivity contribution in [3.8, 4) is 5.75 Å². The average Bonchev–Trinajstić information content (AvgIpc) is 2.89. The van der Waals surface area contributed by atoms with Gasteiger partial charge in [-0.25, -0.2) is 4.79 Å². The number of nitrogen functional groups attached to an aromatic ring is 1. The molecule has 0 aromatic heterocycles. The SMILES string of the molecule is COc1ccc(N)cc1CNC(=O)NC1CCOC1. The Morgan fingerprint density at radius 1 is 1.58 bits per heavy atom. The molecule has 0 aliphatic carbocycles. The highest BCUT2D eigenvalue weighted by molar-refractivity contribution is 5.74. The van der Waals surface area contributed by atoms with Gasteiger partial charge in [-0.1, -0.05) is 0 Å². The molecule has 0 spiro atoms. The molecule has 0 radical (unpaired) electrons. The maximum Gasteiger partial charge on any atom is 0.315 e. The van der Waals surface area contributed by atoms with E-state index in [4.69, 9.17) is 15.2 Å². The molecule has 6 heteroatoms.